The summed E-state index contributed by atoms with van der Waals surface area (Å²) in [6, 6.07) is 14.9. The van der Waals surface area contributed by atoms with Crippen molar-refractivity contribution in [3.63, 3.8) is 0 Å². The van der Waals surface area contributed by atoms with Crippen molar-refractivity contribution in [2.75, 3.05) is 17.7 Å². The van der Waals surface area contributed by atoms with E-state index >= 15 is 0 Å². The van der Waals surface area contributed by atoms with Crippen LogP contribution in [0.25, 0.3) is 0 Å². The van der Waals surface area contributed by atoms with Crippen LogP contribution in [0.1, 0.15) is 27.2 Å². The smallest absolute Gasteiger partial charge is 0.276 e. The van der Waals surface area contributed by atoms with E-state index in [1.807, 2.05) is 57.2 Å². The molecular formula is C21H22N4O2. The molecule has 0 aliphatic heterocycles. The second-order valence-electron chi connectivity index (χ2n) is 6.39. The lowest BCUT2D eigenvalue weighted by Crippen LogP contribution is -2.16. The summed E-state index contributed by atoms with van der Waals surface area (Å²) in [6.45, 7) is 5.98. The first-order valence-corrected chi connectivity index (χ1v) is 8.60. The molecule has 2 N–H and O–H groups in total. The van der Waals surface area contributed by atoms with Gasteiger partial charge in [-0.2, -0.15) is 0 Å². The zero-order valence-electron chi connectivity index (χ0n) is 15.8. The summed E-state index contributed by atoms with van der Waals surface area (Å²) < 4.78 is 5.13. The molecule has 3 aromatic rings. The van der Waals surface area contributed by atoms with E-state index in [1.54, 1.807) is 19.2 Å². The zero-order valence-corrected chi connectivity index (χ0v) is 15.8. The van der Waals surface area contributed by atoms with Crippen molar-refractivity contribution in [3.8, 4) is 5.75 Å². The Kier molecular flexibility index (Phi) is 5.35. The molecule has 0 aliphatic carbocycles. The SMILES string of the molecule is COc1ccc(Nc2ccc(C(=O)Nc3c(C)cc(C)cc3C)nn2)cc1. The molecule has 0 saturated carbocycles. The Hall–Kier alpha value is -3.41. The van der Waals surface area contributed by atoms with Gasteiger partial charge in [-0.3, -0.25) is 4.79 Å². The first kappa shape index (κ1) is 18.4. The second-order valence-corrected chi connectivity index (χ2v) is 6.39. The van der Waals surface area contributed by atoms with Crippen LogP contribution in [0, 0.1) is 20.8 Å². The highest BCUT2D eigenvalue weighted by Gasteiger charge is 2.12. The van der Waals surface area contributed by atoms with Gasteiger partial charge < -0.3 is 15.4 Å². The van der Waals surface area contributed by atoms with E-state index in [0.29, 0.717) is 5.82 Å². The average Bonchev–Trinajstić information content (AvgIpc) is 2.65. The molecule has 0 bridgehead atoms. The Balaban J connectivity index is 1.70. The van der Waals surface area contributed by atoms with Crippen LogP contribution in [0.2, 0.25) is 0 Å². The predicted octanol–water partition coefficient (Wildman–Crippen LogP) is 4.41. The van der Waals surface area contributed by atoms with Crippen LogP contribution in [0.15, 0.2) is 48.5 Å². The maximum Gasteiger partial charge on any atom is 0.276 e. The van der Waals surface area contributed by atoms with Gasteiger partial charge in [0.05, 0.1) is 7.11 Å². The monoisotopic (exact) mass is 362 g/mol. The van der Waals surface area contributed by atoms with E-state index in [2.05, 4.69) is 20.8 Å². The quantitative estimate of drug-likeness (QED) is 0.703. The number of hydrogen-bond donors (Lipinski definition) is 2. The van der Waals surface area contributed by atoms with E-state index in [1.165, 1.54) is 0 Å². The topological polar surface area (TPSA) is 76.1 Å². The molecule has 2 aromatic carbocycles. The van der Waals surface area contributed by atoms with Gasteiger partial charge in [0.2, 0.25) is 0 Å². The number of nitrogens with one attached hydrogen (secondary N) is 2. The number of hydrogen-bond acceptors (Lipinski definition) is 5. The van der Waals surface area contributed by atoms with Gasteiger partial charge in [-0.25, -0.2) is 0 Å². The molecule has 0 saturated heterocycles. The fourth-order valence-corrected chi connectivity index (χ4v) is 2.90. The number of aryl methyl sites for hydroxylation is 3. The normalized spacial score (nSPS) is 10.4. The van der Waals surface area contributed by atoms with Crippen molar-refractivity contribution in [2.24, 2.45) is 0 Å². The predicted molar refractivity (Wildman–Crippen MR) is 107 cm³/mol. The number of nitrogens with zero attached hydrogens (tertiary/aromatic N) is 2. The van der Waals surface area contributed by atoms with Crippen LogP contribution in [0.3, 0.4) is 0 Å². The van der Waals surface area contributed by atoms with E-state index < -0.39 is 0 Å². The third-order valence-corrected chi connectivity index (χ3v) is 4.18. The molecule has 0 unspecified atom stereocenters. The molecule has 1 amide bonds. The van der Waals surface area contributed by atoms with Crippen LogP contribution < -0.4 is 15.4 Å². The number of amides is 1. The van der Waals surface area contributed by atoms with Gasteiger partial charge in [-0.15, -0.1) is 10.2 Å². The summed E-state index contributed by atoms with van der Waals surface area (Å²) in [4.78, 5) is 12.5. The molecule has 0 atom stereocenters. The molecule has 0 radical (unpaired) electrons. The Labute approximate surface area is 158 Å². The number of rotatable bonds is 5. The summed E-state index contributed by atoms with van der Waals surface area (Å²) in [7, 11) is 1.62. The van der Waals surface area contributed by atoms with Gasteiger partial charge in [0.15, 0.2) is 11.5 Å². The third-order valence-electron chi connectivity index (χ3n) is 4.18. The first-order valence-electron chi connectivity index (χ1n) is 8.60. The van der Waals surface area contributed by atoms with Crippen molar-refractivity contribution in [2.45, 2.75) is 20.8 Å². The Morgan fingerprint density at radius 2 is 1.59 bits per heavy atom. The van der Waals surface area contributed by atoms with Crippen molar-refractivity contribution in [3.05, 3.63) is 70.9 Å². The molecule has 0 spiro atoms. The summed E-state index contributed by atoms with van der Waals surface area (Å²) in [6.07, 6.45) is 0. The minimum absolute atomic E-state index is 0.259. The zero-order chi connectivity index (χ0) is 19.4. The van der Waals surface area contributed by atoms with Gasteiger partial charge in [0.25, 0.3) is 5.91 Å². The van der Waals surface area contributed by atoms with Crippen molar-refractivity contribution >= 4 is 23.1 Å². The maximum atomic E-state index is 12.5. The van der Waals surface area contributed by atoms with Crippen LogP contribution >= 0.6 is 0 Å². The van der Waals surface area contributed by atoms with E-state index in [9.17, 15) is 4.79 Å². The molecule has 6 heteroatoms. The number of methoxy groups -OCH3 is 1. The summed E-state index contributed by atoms with van der Waals surface area (Å²) in [5.41, 5.74) is 5.13. The molecule has 0 fully saturated rings. The van der Waals surface area contributed by atoms with Crippen LogP contribution in [0.4, 0.5) is 17.2 Å². The van der Waals surface area contributed by atoms with E-state index in [4.69, 9.17) is 4.74 Å². The Morgan fingerprint density at radius 3 is 2.15 bits per heavy atom. The minimum Gasteiger partial charge on any atom is -0.497 e. The van der Waals surface area contributed by atoms with Crippen molar-refractivity contribution in [1.29, 1.82) is 0 Å². The molecule has 1 heterocycles. The molecule has 0 aliphatic rings. The summed E-state index contributed by atoms with van der Waals surface area (Å²) in [5, 5.41) is 14.2. The van der Waals surface area contributed by atoms with Gasteiger partial charge in [0.1, 0.15) is 5.75 Å². The lowest BCUT2D eigenvalue weighted by molar-refractivity contribution is 0.102. The lowest BCUT2D eigenvalue weighted by Gasteiger charge is -2.12. The summed E-state index contributed by atoms with van der Waals surface area (Å²) in [5.74, 6) is 1.05. The number of anilines is 3. The molecule has 27 heavy (non-hydrogen) atoms. The van der Waals surface area contributed by atoms with Gasteiger partial charge in [0, 0.05) is 11.4 Å². The highest BCUT2D eigenvalue weighted by Crippen LogP contribution is 2.23. The molecule has 6 nitrogen and oxygen atoms in total. The number of benzene rings is 2. The molecule has 1 aromatic heterocycles. The summed E-state index contributed by atoms with van der Waals surface area (Å²) >= 11 is 0. The maximum absolute atomic E-state index is 12.5. The molecule has 3 rings (SSSR count). The molecule has 138 valence electrons. The van der Waals surface area contributed by atoms with Crippen molar-refractivity contribution < 1.29 is 9.53 Å². The minimum atomic E-state index is -0.284. The van der Waals surface area contributed by atoms with Crippen LogP contribution in [-0.4, -0.2) is 23.2 Å². The average molecular weight is 362 g/mol. The third kappa shape index (κ3) is 4.41. The first-order chi connectivity index (χ1) is 13.0. The van der Waals surface area contributed by atoms with Gasteiger partial charge >= 0.3 is 0 Å². The Morgan fingerprint density at radius 1 is 0.926 bits per heavy atom. The standard InChI is InChI=1S/C21H22N4O2/c1-13-11-14(2)20(15(3)12-13)23-21(26)18-9-10-19(25-24-18)22-16-5-7-17(27-4)8-6-16/h5-12H,1-4H3,(H,22,25)(H,23,26). The van der Waals surface area contributed by atoms with Crippen molar-refractivity contribution in [1.82, 2.24) is 10.2 Å². The fourth-order valence-electron chi connectivity index (χ4n) is 2.90. The number of ether oxygens (including phenoxy) is 1. The highest BCUT2D eigenvalue weighted by molar-refractivity contribution is 6.03. The number of aromatic nitrogens is 2. The van der Waals surface area contributed by atoms with Crippen LogP contribution in [0.5, 0.6) is 5.75 Å². The largest absolute Gasteiger partial charge is 0.497 e. The fraction of sp³-hybridized carbons (Fsp3) is 0.190. The molecular weight excluding hydrogens is 340 g/mol. The Bertz CT molecular complexity index is 928. The van der Waals surface area contributed by atoms with Gasteiger partial charge in [-0.05, 0) is 68.3 Å². The lowest BCUT2D eigenvalue weighted by atomic mass is 10.1. The van der Waals surface area contributed by atoms with E-state index in [0.717, 1.165) is 33.8 Å². The van der Waals surface area contributed by atoms with E-state index in [-0.39, 0.29) is 11.6 Å². The highest BCUT2D eigenvalue weighted by atomic mass is 16.5. The number of carbonyl (C=O) groups excluding carboxylic acids is 1. The van der Waals surface area contributed by atoms with Crippen LogP contribution in [-0.2, 0) is 0 Å². The number of carbonyl (C=O) groups is 1. The second kappa shape index (κ2) is 7.86. The van der Waals surface area contributed by atoms with Gasteiger partial charge in [-0.1, -0.05) is 17.7 Å².